The van der Waals surface area contributed by atoms with Crippen molar-refractivity contribution in [3.05, 3.63) is 29.8 Å². The molecule has 0 amide bonds. The highest BCUT2D eigenvalue weighted by atomic mass is 16.4. The molecule has 0 saturated heterocycles. The van der Waals surface area contributed by atoms with Crippen molar-refractivity contribution in [2.75, 3.05) is 11.9 Å². The highest BCUT2D eigenvalue weighted by Gasteiger charge is 2.41. The number of carbonyl (C=O) groups is 1. The van der Waals surface area contributed by atoms with Gasteiger partial charge in [0.25, 0.3) is 0 Å². The Morgan fingerprint density at radius 1 is 1.41 bits per heavy atom. The fourth-order valence-corrected chi connectivity index (χ4v) is 2.33. The van der Waals surface area contributed by atoms with Gasteiger partial charge in [-0.25, -0.2) is 4.79 Å². The standard InChI is InChI=1S/C14H19NO2/c1-2-7-14(8-9-14)10-15-12-6-4-3-5-11(12)13(16)17/h3-6,15H,2,7-10H2,1H3,(H,16,17). The smallest absolute Gasteiger partial charge is 0.337 e. The lowest BCUT2D eigenvalue weighted by Crippen LogP contribution is -2.16. The van der Waals surface area contributed by atoms with E-state index in [0.29, 0.717) is 11.0 Å². The largest absolute Gasteiger partial charge is 0.478 e. The van der Waals surface area contributed by atoms with Gasteiger partial charge in [0, 0.05) is 12.2 Å². The van der Waals surface area contributed by atoms with E-state index in [1.807, 2.05) is 12.1 Å². The Morgan fingerprint density at radius 2 is 2.12 bits per heavy atom. The molecule has 0 unspecified atom stereocenters. The normalized spacial score (nSPS) is 16.5. The quantitative estimate of drug-likeness (QED) is 0.792. The average molecular weight is 233 g/mol. The van der Waals surface area contributed by atoms with Gasteiger partial charge < -0.3 is 10.4 Å². The van der Waals surface area contributed by atoms with E-state index in [1.165, 1.54) is 25.7 Å². The van der Waals surface area contributed by atoms with Gasteiger partial charge in [-0.05, 0) is 36.8 Å². The van der Waals surface area contributed by atoms with E-state index in [9.17, 15) is 4.79 Å². The van der Waals surface area contributed by atoms with Crippen LogP contribution < -0.4 is 5.32 Å². The molecule has 2 N–H and O–H groups in total. The zero-order chi connectivity index (χ0) is 12.3. The average Bonchev–Trinajstić information content (AvgIpc) is 3.08. The maximum absolute atomic E-state index is 11.0. The topological polar surface area (TPSA) is 49.3 Å². The van der Waals surface area contributed by atoms with E-state index < -0.39 is 5.97 Å². The molecule has 0 radical (unpaired) electrons. The summed E-state index contributed by atoms with van der Waals surface area (Å²) in [4.78, 5) is 11.0. The number of nitrogens with one attached hydrogen (secondary N) is 1. The van der Waals surface area contributed by atoms with E-state index in [2.05, 4.69) is 12.2 Å². The van der Waals surface area contributed by atoms with E-state index >= 15 is 0 Å². The van der Waals surface area contributed by atoms with Crippen LogP contribution in [-0.2, 0) is 0 Å². The van der Waals surface area contributed by atoms with Gasteiger partial charge in [-0.3, -0.25) is 0 Å². The maximum atomic E-state index is 11.0. The highest BCUT2D eigenvalue weighted by Crippen LogP contribution is 2.49. The van der Waals surface area contributed by atoms with Crippen molar-refractivity contribution in [2.24, 2.45) is 5.41 Å². The molecule has 3 nitrogen and oxygen atoms in total. The van der Waals surface area contributed by atoms with Crippen LogP contribution in [0.2, 0.25) is 0 Å². The maximum Gasteiger partial charge on any atom is 0.337 e. The Labute approximate surface area is 102 Å². The molecule has 3 heteroatoms. The second kappa shape index (κ2) is 4.78. The number of benzene rings is 1. The van der Waals surface area contributed by atoms with Crippen LogP contribution >= 0.6 is 0 Å². The van der Waals surface area contributed by atoms with E-state index in [-0.39, 0.29) is 0 Å². The third-order valence-corrected chi connectivity index (χ3v) is 3.55. The molecule has 0 bridgehead atoms. The van der Waals surface area contributed by atoms with Crippen LogP contribution in [0.1, 0.15) is 43.0 Å². The van der Waals surface area contributed by atoms with Crippen LogP contribution in [0.15, 0.2) is 24.3 Å². The molecule has 1 saturated carbocycles. The lowest BCUT2D eigenvalue weighted by molar-refractivity contribution is 0.0698. The van der Waals surface area contributed by atoms with Crippen molar-refractivity contribution in [3.63, 3.8) is 0 Å². The monoisotopic (exact) mass is 233 g/mol. The first-order valence-electron chi connectivity index (χ1n) is 6.23. The molecule has 0 heterocycles. The third kappa shape index (κ3) is 2.78. The minimum absolute atomic E-state index is 0.361. The minimum atomic E-state index is -0.867. The second-order valence-corrected chi connectivity index (χ2v) is 4.95. The molecule has 1 aliphatic carbocycles. The van der Waals surface area contributed by atoms with Crippen LogP contribution in [0.25, 0.3) is 0 Å². The van der Waals surface area contributed by atoms with Crippen LogP contribution in [0.4, 0.5) is 5.69 Å². The fraction of sp³-hybridized carbons (Fsp3) is 0.500. The Morgan fingerprint density at radius 3 is 2.71 bits per heavy atom. The molecule has 0 atom stereocenters. The van der Waals surface area contributed by atoms with Gasteiger partial charge >= 0.3 is 5.97 Å². The van der Waals surface area contributed by atoms with Gasteiger partial charge in [0.2, 0.25) is 0 Å². The molecule has 92 valence electrons. The van der Waals surface area contributed by atoms with Crippen LogP contribution in [0.5, 0.6) is 0 Å². The summed E-state index contributed by atoms with van der Waals surface area (Å²) in [6, 6.07) is 7.11. The number of rotatable bonds is 6. The van der Waals surface area contributed by atoms with Crippen LogP contribution in [0.3, 0.4) is 0 Å². The predicted octanol–water partition coefficient (Wildman–Crippen LogP) is 3.38. The number of hydrogen-bond donors (Lipinski definition) is 2. The zero-order valence-corrected chi connectivity index (χ0v) is 10.2. The summed E-state index contributed by atoms with van der Waals surface area (Å²) in [6.45, 7) is 3.09. The van der Waals surface area contributed by atoms with Gasteiger partial charge in [-0.1, -0.05) is 25.5 Å². The zero-order valence-electron chi connectivity index (χ0n) is 10.2. The van der Waals surface area contributed by atoms with Gasteiger partial charge in [0.05, 0.1) is 5.56 Å². The number of aromatic carboxylic acids is 1. The molecule has 0 aliphatic heterocycles. The van der Waals surface area contributed by atoms with Crippen molar-refractivity contribution >= 4 is 11.7 Å². The van der Waals surface area contributed by atoms with Crippen LogP contribution in [0, 0.1) is 5.41 Å². The molecule has 0 spiro atoms. The number of carboxylic acids is 1. The lowest BCUT2D eigenvalue weighted by Gasteiger charge is -2.17. The fourth-order valence-electron chi connectivity index (χ4n) is 2.33. The SMILES string of the molecule is CCCC1(CNc2ccccc2C(=O)O)CC1. The summed E-state index contributed by atoms with van der Waals surface area (Å²) in [5.74, 6) is -0.867. The van der Waals surface area contributed by atoms with E-state index in [0.717, 1.165) is 12.2 Å². The predicted molar refractivity (Wildman–Crippen MR) is 68.5 cm³/mol. The van der Waals surface area contributed by atoms with Crippen LogP contribution in [-0.4, -0.2) is 17.6 Å². The highest BCUT2D eigenvalue weighted by molar-refractivity contribution is 5.94. The molecule has 1 aliphatic rings. The van der Waals surface area contributed by atoms with Crippen molar-refractivity contribution in [1.82, 2.24) is 0 Å². The van der Waals surface area contributed by atoms with Crippen molar-refractivity contribution in [3.8, 4) is 0 Å². The molecule has 2 rings (SSSR count). The molecular formula is C14H19NO2. The molecule has 1 fully saturated rings. The summed E-state index contributed by atoms with van der Waals surface area (Å²) in [7, 11) is 0. The Balaban J connectivity index is 2.02. The summed E-state index contributed by atoms with van der Waals surface area (Å²) in [5, 5.41) is 12.4. The summed E-state index contributed by atoms with van der Waals surface area (Å²) < 4.78 is 0. The van der Waals surface area contributed by atoms with Gasteiger partial charge in [0.1, 0.15) is 0 Å². The number of hydrogen-bond acceptors (Lipinski definition) is 2. The Bertz CT molecular complexity index is 410. The summed E-state index contributed by atoms with van der Waals surface area (Å²) in [6.07, 6.45) is 4.96. The first kappa shape index (κ1) is 12.0. The molecule has 1 aromatic rings. The summed E-state index contributed by atoms with van der Waals surface area (Å²) in [5.41, 5.74) is 1.53. The minimum Gasteiger partial charge on any atom is -0.478 e. The number of anilines is 1. The van der Waals surface area contributed by atoms with E-state index in [4.69, 9.17) is 5.11 Å². The Kier molecular flexibility index (Phi) is 3.36. The van der Waals surface area contributed by atoms with Crippen molar-refractivity contribution in [1.29, 1.82) is 0 Å². The van der Waals surface area contributed by atoms with E-state index in [1.54, 1.807) is 12.1 Å². The third-order valence-electron chi connectivity index (χ3n) is 3.55. The summed E-state index contributed by atoms with van der Waals surface area (Å²) >= 11 is 0. The second-order valence-electron chi connectivity index (χ2n) is 4.95. The van der Waals surface area contributed by atoms with Gasteiger partial charge in [-0.2, -0.15) is 0 Å². The number of para-hydroxylation sites is 1. The molecule has 1 aromatic carbocycles. The first-order chi connectivity index (χ1) is 8.17. The van der Waals surface area contributed by atoms with Crippen molar-refractivity contribution < 1.29 is 9.90 Å². The van der Waals surface area contributed by atoms with Gasteiger partial charge in [-0.15, -0.1) is 0 Å². The van der Waals surface area contributed by atoms with Crippen molar-refractivity contribution in [2.45, 2.75) is 32.6 Å². The van der Waals surface area contributed by atoms with Gasteiger partial charge in [0.15, 0.2) is 0 Å². The molecular weight excluding hydrogens is 214 g/mol. The number of carboxylic acid groups (broad SMARTS) is 1. The molecule has 0 aromatic heterocycles. The Hall–Kier alpha value is -1.51. The molecule has 17 heavy (non-hydrogen) atoms. The first-order valence-corrected chi connectivity index (χ1v) is 6.23. The lowest BCUT2D eigenvalue weighted by atomic mass is 10.0.